The van der Waals surface area contributed by atoms with Gasteiger partial charge in [0, 0.05) is 5.56 Å². The number of aryl methyl sites for hydroxylation is 1. The number of carbonyl (C=O) groups is 1. The minimum atomic E-state index is -0.987. The van der Waals surface area contributed by atoms with E-state index in [-0.39, 0.29) is 5.57 Å². The van der Waals surface area contributed by atoms with Crippen molar-refractivity contribution in [1.82, 2.24) is 0 Å². The SMILES string of the molecule is CCOc1ccc(/C(=C/c2ccccc2OC)C(=O)O)cc1C. The van der Waals surface area contributed by atoms with E-state index in [1.165, 1.54) is 0 Å². The van der Waals surface area contributed by atoms with Crippen LogP contribution in [0.25, 0.3) is 11.6 Å². The molecule has 4 nitrogen and oxygen atoms in total. The van der Waals surface area contributed by atoms with Crippen molar-refractivity contribution in [2.24, 2.45) is 0 Å². The van der Waals surface area contributed by atoms with E-state index in [9.17, 15) is 9.90 Å². The lowest BCUT2D eigenvalue weighted by atomic mass is 10.00. The van der Waals surface area contributed by atoms with Crippen LogP contribution in [0.2, 0.25) is 0 Å². The Kier molecular flexibility index (Phi) is 5.41. The Labute approximate surface area is 136 Å². The molecular weight excluding hydrogens is 292 g/mol. The third-order valence-corrected chi connectivity index (χ3v) is 3.45. The number of ether oxygens (including phenoxy) is 2. The highest BCUT2D eigenvalue weighted by atomic mass is 16.5. The first-order valence-electron chi connectivity index (χ1n) is 7.38. The fraction of sp³-hybridized carbons (Fsp3) is 0.211. The Morgan fingerprint density at radius 1 is 1.17 bits per heavy atom. The Hall–Kier alpha value is -2.75. The van der Waals surface area contributed by atoms with E-state index in [1.54, 1.807) is 31.4 Å². The van der Waals surface area contributed by atoms with E-state index in [2.05, 4.69) is 0 Å². The maximum absolute atomic E-state index is 11.7. The van der Waals surface area contributed by atoms with Gasteiger partial charge in [0.1, 0.15) is 11.5 Å². The summed E-state index contributed by atoms with van der Waals surface area (Å²) in [4.78, 5) is 11.7. The molecule has 0 heterocycles. The van der Waals surface area contributed by atoms with E-state index in [0.717, 1.165) is 16.9 Å². The predicted octanol–water partition coefficient (Wildman–Crippen LogP) is 4.03. The fourth-order valence-electron chi connectivity index (χ4n) is 2.34. The molecule has 0 unspecified atom stereocenters. The van der Waals surface area contributed by atoms with Gasteiger partial charge in [0.15, 0.2) is 0 Å². The van der Waals surface area contributed by atoms with Gasteiger partial charge >= 0.3 is 5.97 Å². The molecule has 0 radical (unpaired) electrons. The van der Waals surface area contributed by atoms with Crippen LogP contribution in [0.3, 0.4) is 0 Å². The van der Waals surface area contributed by atoms with Gasteiger partial charge in [0.25, 0.3) is 0 Å². The molecule has 0 atom stereocenters. The minimum absolute atomic E-state index is 0.209. The zero-order valence-electron chi connectivity index (χ0n) is 13.5. The molecule has 0 spiro atoms. The Bertz CT molecular complexity index is 732. The average molecular weight is 312 g/mol. The van der Waals surface area contributed by atoms with Crippen molar-refractivity contribution in [2.75, 3.05) is 13.7 Å². The van der Waals surface area contributed by atoms with E-state index in [1.807, 2.05) is 38.1 Å². The van der Waals surface area contributed by atoms with E-state index in [4.69, 9.17) is 9.47 Å². The summed E-state index contributed by atoms with van der Waals surface area (Å²) in [6.07, 6.45) is 1.62. The molecule has 2 aromatic carbocycles. The number of hydrogen-bond donors (Lipinski definition) is 1. The van der Waals surface area contributed by atoms with Gasteiger partial charge in [-0.15, -0.1) is 0 Å². The smallest absolute Gasteiger partial charge is 0.336 e. The largest absolute Gasteiger partial charge is 0.496 e. The zero-order valence-corrected chi connectivity index (χ0v) is 13.5. The summed E-state index contributed by atoms with van der Waals surface area (Å²) in [6.45, 7) is 4.39. The molecule has 4 heteroatoms. The van der Waals surface area contributed by atoms with Crippen LogP contribution >= 0.6 is 0 Å². The molecule has 1 N–H and O–H groups in total. The minimum Gasteiger partial charge on any atom is -0.496 e. The quantitative estimate of drug-likeness (QED) is 0.646. The number of carboxylic acids is 1. The van der Waals surface area contributed by atoms with Crippen molar-refractivity contribution in [3.63, 3.8) is 0 Å². The van der Waals surface area contributed by atoms with E-state index >= 15 is 0 Å². The second-order valence-electron chi connectivity index (χ2n) is 5.02. The van der Waals surface area contributed by atoms with Gasteiger partial charge in [-0.3, -0.25) is 0 Å². The van der Waals surface area contributed by atoms with Crippen LogP contribution in [-0.4, -0.2) is 24.8 Å². The molecule has 0 amide bonds. The summed E-state index contributed by atoms with van der Waals surface area (Å²) >= 11 is 0. The van der Waals surface area contributed by atoms with Crippen LogP contribution in [0.15, 0.2) is 42.5 Å². The molecule has 0 saturated carbocycles. The third-order valence-electron chi connectivity index (χ3n) is 3.45. The van der Waals surface area contributed by atoms with Gasteiger partial charge in [-0.2, -0.15) is 0 Å². The van der Waals surface area contributed by atoms with Gasteiger partial charge in [-0.25, -0.2) is 4.79 Å². The van der Waals surface area contributed by atoms with Gasteiger partial charge in [-0.05, 0) is 49.2 Å². The van der Waals surface area contributed by atoms with E-state index < -0.39 is 5.97 Å². The normalized spacial score (nSPS) is 11.2. The van der Waals surface area contributed by atoms with Crippen LogP contribution in [0.1, 0.15) is 23.6 Å². The number of carboxylic acid groups (broad SMARTS) is 1. The molecule has 0 aliphatic carbocycles. The second-order valence-corrected chi connectivity index (χ2v) is 5.02. The van der Waals surface area contributed by atoms with Crippen LogP contribution in [0.4, 0.5) is 0 Å². The molecule has 120 valence electrons. The first kappa shape index (κ1) is 16.6. The van der Waals surface area contributed by atoms with Crippen molar-refractivity contribution in [3.8, 4) is 11.5 Å². The first-order chi connectivity index (χ1) is 11.1. The highest BCUT2D eigenvalue weighted by Gasteiger charge is 2.13. The highest BCUT2D eigenvalue weighted by molar-refractivity contribution is 6.20. The number of aliphatic carboxylic acids is 1. The maximum atomic E-state index is 11.7. The topological polar surface area (TPSA) is 55.8 Å². The molecule has 2 aromatic rings. The van der Waals surface area contributed by atoms with Crippen molar-refractivity contribution in [3.05, 3.63) is 59.2 Å². The van der Waals surface area contributed by atoms with Crippen molar-refractivity contribution < 1.29 is 19.4 Å². The number of methoxy groups -OCH3 is 1. The molecule has 0 aliphatic rings. The van der Waals surface area contributed by atoms with Gasteiger partial charge in [0.05, 0.1) is 19.3 Å². The van der Waals surface area contributed by atoms with Crippen LogP contribution < -0.4 is 9.47 Å². The summed E-state index contributed by atoms with van der Waals surface area (Å²) in [5.74, 6) is 0.409. The number of para-hydroxylation sites is 1. The fourth-order valence-corrected chi connectivity index (χ4v) is 2.34. The molecule has 0 aromatic heterocycles. The van der Waals surface area contributed by atoms with Gasteiger partial charge in [-0.1, -0.05) is 24.3 Å². The molecule has 2 rings (SSSR count). The summed E-state index contributed by atoms with van der Waals surface area (Å²) in [5, 5.41) is 9.57. The maximum Gasteiger partial charge on any atom is 0.336 e. The van der Waals surface area contributed by atoms with Crippen LogP contribution in [0, 0.1) is 6.92 Å². The summed E-state index contributed by atoms with van der Waals surface area (Å²) in [5.41, 5.74) is 2.46. The standard InChI is InChI=1S/C19H20O4/c1-4-23-17-10-9-14(11-13(17)2)16(19(20)21)12-15-7-5-6-8-18(15)22-3/h5-12H,4H2,1-3H3,(H,20,21)/b16-12-. The molecule has 0 bridgehead atoms. The molecule has 0 aliphatic heterocycles. The lowest BCUT2D eigenvalue weighted by molar-refractivity contribution is -0.130. The summed E-state index contributed by atoms with van der Waals surface area (Å²) < 4.78 is 10.8. The third kappa shape index (κ3) is 3.92. The number of benzene rings is 2. The lowest BCUT2D eigenvalue weighted by Gasteiger charge is -2.10. The zero-order chi connectivity index (χ0) is 16.8. The highest BCUT2D eigenvalue weighted by Crippen LogP contribution is 2.28. The monoisotopic (exact) mass is 312 g/mol. The summed E-state index contributed by atoms with van der Waals surface area (Å²) in [6, 6.07) is 12.7. The van der Waals surface area contributed by atoms with Gasteiger partial charge in [0.2, 0.25) is 0 Å². The van der Waals surface area contributed by atoms with Gasteiger partial charge < -0.3 is 14.6 Å². The molecule has 0 saturated heterocycles. The Morgan fingerprint density at radius 2 is 1.91 bits per heavy atom. The van der Waals surface area contributed by atoms with Crippen LogP contribution in [-0.2, 0) is 4.79 Å². The first-order valence-corrected chi connectivity index (χ1v) is 7.38. The Morgan fingerprint density at radius 3 is 2.52 bits per heavy atom. The lowest BCUT2D eigenvalue weighted by Crippen LogP contribution is -2.01. The molecule has 0 fully saturated rings. The number of rotatable bonds is 6. The average Bonchev–Trinajstić information content (AvgIpc) is 2.54. The van der Waals surface area contributed by atoms with Crippen molar-refractivity contribution in [2.45, 2.75) is 13.8 Å². The van der Waals surface area contributed by atoms with Crippen molar-refractivity contribution >= 4 is 17.6 Å². The predicted molar refractivity (Wildman–Crippen MR) is 90.8 cm³/mol. The van der Waals surface area contributed by atoms with Crippen molar-refractivity contribution in [1.29, 1.82) is 0 Å². The molecule has 23 heavy (non-hydrogen) atoms. The number of hydrogen-bond acceptors (Lipinski definition) is 3. The second kappa shape index (κ2) is 7.49. The summed E-state index contributed by atoms with van der Waals surface area (Å²) in [7, 11) is 1.56. The van der Waals surface area contributed by atoms with E-state index in [0.29, 0.717) is 17.9 Å². The molecular formula is C19H20O4. The Balaban J connectivity index is 2.49. The van der Waals surface area contributed by atoms with Crippen LogP contribution in [0.5, 0.6) is 11.5 Å².